The molecule has 1 saturated heterocycles. The van der Waals surface area contributed by atoms with Crippen LogP contribution >= 0.6 is 11.6 Å². The molecule has 0 saturated carbocycles. The van der Waals surface area contributed by atoms with Gasteiger partial charge in [-0.15, -0.1) is 13.2 Å². The van der Waals surface area contributed by atoms with E-state index in [-0.39, 0.29) is 45.4 Å². The van der Waals surface area contributed by atoms with Gasteiger partial charge < -0.3 is 19.9 Å². The molecule has 0 spiro atoms. The van der Waals surface area contributed by atoms with Crippen LogP contribution in [0.15, 0.2) is 64.4 Å². The molecule has 258 valence electrons. The number of sulfonamides is 1. The van der Waals surface area contributed by atoms with Crippen molar-refractivity contribution in [2.75, 3.05) is 38.3 Å². The molecule has 5 atom stereocenters. The molecule has 2 heterocycles. The Bertz CT molecular complexity index is 1960. The summed E-state index contributed by atoms with van der Waals surface area (Å²) >= 11 is 6.50. The minimum Gasteiger partial charge on any atom is -0.496 e. The molecule has 48 heavy (non-hydrogen) atoms. The van der Waals surface area contributed by atoms with Gasteiger partial charge in [-0.3, -0.25) is 18.3 Å². The van der Waals surface area contributed by atoms with Crippen LogP contribution in [0.2, 0.25) is 5.02 Å². The molecule has 5 rings (SSSR count). The van der Waals surface area contributed by atoms with Crippen LogP contribution in [0.5, 0.6) is 11.5 Å². The summed E-state index contributed by atoms with van der Waals surface area (Å²) in [6.07, 6.45) is -5.41. The number of carbonyl (C=O) groups excluding carboxylic acids is 2. The molecule has 3 unspecified atom stereocenters. The Balaban J connectivity index is 1.91. The number of hydrogen-bond acceptors (Lipinski definition) is 8. The van der Waals surface area contributed by atoms with Crippen molar-refractivity contribution in [3.05, 3.63) is 76.3 Å². The first kappa shape index (κ1) is 35.6. The van der Waals surface area contributed by atoms with Gasteiger partial charge in [-0.1, -0.05) is 23.2 Å². The molecule has 2 aliphatic heterocycles. The standard InChI is InChI=1S/C31H31ClF3N3O8S2/c1-17-6-10-25(45-4)22(12-17)30(38(3)16-19(39)14-24(38)28(40)36-2)21-13-18(32)7-9-23(21)37(29(30)41)48(43,44)27-11-8-20(47(5)42)15-26(27)46-31(33,34)35/h6-13,15,19,24,39H,14,16H2,1-5H3/p+1/t19-,24+,30?,38?,47?/m1/s1. The molecule has 0 aliphatic carbocycles. The van der Waals surface area contributed by atoms with E-state index >= 15 is 4.79 Å². The monoisotopic (exact) mass is 730 g/mol. The van der Waals surface area contributed by atoms with E-state index in [1.165, 1.54) is 45.7 Å². The molecular weight excluding hydrogens is 699 g/mol. The molecule has 0 radical (unpaired) electrons. The van der Waals surface area contributed by atoms with Crippen molar-refractivity contribution in [2.24, 2.45) is 0 Å². The third-order valence-corrected chi connectivity index (χ3v) is 11.8. The fraction of sp³-hybridized carbons (Fsp3) is 0.355. The topological polar surface area (TPSA) is 139 Å². The summed E-state index contributed by atoms with van der Waals surface area (Å²) in [6, 6.07) is 10.2. The zero-order chi connectivity index (χ0) is 35.6. The van der Waals surface area contributed by atoms with Crippen molar-refractivity contribution >= 4 is 49.9 Å². The van der Waals surface area contributed by atoms with E-state index in [1.54, 1.807) is 25.1 Å². The Labute approximate surface area is 282 Å². The number of aryl methyl sites for hydroxylation is 1. The normalized spacial score (nSPS) is 24.7. The maximum atomic E-state index is 15.4. The number of likely N-dealkylation sites (N-methyl/N-ethyl adjacent to an activating group) is 2. The quantitative estimate of drug-likeness (QED) is 0.336. The molecular formula is C31H32ClF3N3O8S2+. The second-order valence-corrected chi connectivity index (χ2v) is 15.3. The molecule has 0 bridgehead atoms. The first-order valence-electron chi connectivity index (χ1n) is 14.4. The lowest BCUT2D eigenvalue weighted by Gasteiger charge is -2.48. The molecule has 2 aliphatic rings. The van der Waals surface area contributed by atoms with Crippen LogP contribution in [0, 0.1) is 6.92 Å². The number of carbonyl (C=O) groups is 2. The predicted octanol–water partition coefficient (Wildman–Crippen LogP) is 3.60. The molecule has 3 aromatic carbocycles. The highest BCUT2D eigenvalue weighted by Crippen LogP contribution is 2.58. The van der Waals surface area contributed by atoms with Crippen molar-refractivity contribution in [3.63, 3.8) is 0 Å². The first-order valence-corrected chi connectivity index (χ1v) is 17.7. The van der Waals surface area contributed by atoms with Crippen LogP contribution in [0.1, 0.15) is 23.1 Å². The van der Waals surface area contributed by atoms with Gasteiger partial charge in [-0.05, 0) is 55.5 Å². The van der Waals surface area contributed by atoms with Crippen LogP contribution in [-0.4, -0.2) is 86.5 Å². The number of aliphatic hydroxyl groups is 1. The number of hydrogen-bond donors (Lipinski definition) is 2. The van der Waals surface area contributed by atoms with Crippen LogP contribution < -0.4 is 19.1 Å². The Morgan fingerprint density at radius 1 is 1.12 bits per heavy atom. The number of benzene rings is 3. The second-order valence-electron chi connectivity index (χ2n) is 11.7. The molecule has 2 amide bonds. The number of quaternary nitrogens is 1. The maximum absolute atomic E-state index is 15.4. The molecule has 2 N–H and O–H groups in total. The predicted molar refractivity (Wildman–Crippen MR) is 170 cm³/mol. The SMILES string of the molecule is CNC(=O)[C@@H]1C[C@@H](O)C[N+]1(C)C1(c2cc(C)ccc2OC)C(=O)N(S(=O)(=O)c2ccc(S(C)=O)cc2OC(F)(F)F)c2ccc(Cl)cc21. The van der Waals surface area contributed by atoms with Gasteiger partial charge >= 0.3 is 12.3 Å². The van der Waals surface area contributed by atoms with Crippen LogP contribution in [0.25, 0.3) is 0 Å². The smallest absolute Gasteiger partial charge is 0.496 e. The van der Waals surface area contributed by atoms with Gasteiger partial charge in [0.25, 0.3) is 15.9 Å². The van der Waals surface area contributed by atoms with E-state index in [0.29, 0.717) is 15.9 Å². The highest BCUT2D eigenvalue weighted by molar-refractivity contribution is 7.93. The van der Waals surface area contributed by atoms with Gasteiger partial charge in [-0.2, -0.15) is 4.31 Å². The Morgan fingerprint density at radius 2 is 1.81 bits per heavy atom. The van der Waals surface area contributed by atoms with Gasteiger partial charge in [0.05, 0.1) is 31.0 Å². The van der Waals surface area contributed by atoms with E-state index in [1.807, 2.05) is 0 Å². The van der Waals surface area contributed by atoms with Gasteiger partial charge in [0.15, 0.2) is 11.8 Å². The molecule has 17 heteroatoms. The van der Waals surface area contributed by atoms with Gasteiger partial charge in [-0.25, -0.2) is 8.42 Å². The van der Waals surface area contributed by atoms with Gasteiger partial charge in [0, 0.05) is 40.4 Å². The molecule has 0 aromatic heterocycles. The largest absolute Gasteiger partial charge is 0.573 e. The van der Waals surface area contributed by atoms with Crippen molar-refractivity contribution in [3.8, 4) is 11.5 Å². The molecule has 3 aromatic rings. The number of likely N-dealkylation sites (tertiary alicyclic amines) is 1. The summed E-state index contributed by atoms with van der Waals surface area (Å²) in [5.74, 6) is -2.80. The van der Waals surface area contributed by atoms with Crippen LogP contribution in [0.3, 0.4) is 0 Å². The minimum absolute atomic E-state index is 0.00236. The lowest BCUT2D eigenvalue weighted by Crippen LogP contribution is -2.69. The number of halogens is 4. The number of amides is 2. The average molecular weight is 731 g/mol. The number of methoxy groups -OCH3 is 1. The van der Waals surface area contributed by atoms with E-state index in [4.69, 9.17) is 16.3 Å². The fourth-order valence-electron chi connectivity index (χ4n) is 6.94. The summed E-state index contributed by atoms with van der Waals surface area (Å²) in [6.45, 7) is 1.50. The summed E-state index contributed by atoms with van der Waals surface area (Å²) in [5, 5.41) is 13.7. The number of rotatable bonds is 8. The lowest BCUT2D eigenvalue weighted by atomic mass is 9.78. The Kier molecular flexibility index (Phi) is 9.14. The van der Waals surface area contributed by atoms with Crippen LogP contribution in [-0.2, 0) is 36.0 Å². The summed E-state index contributed by atoms with van der Waals surface area (Å²) in [5.41, 5.74) is -1.68. The van der Waals surface area contributed by atoms with Crippen LogP contribution in [0.4, 0.5) is 18.9 Å². The van der Waals surface area contributed by atoms with Crippen molar-refractivity contribution in [1.29, 1.82) is 0 Å². The average Bonchev–Trinajstić information content (AvgIpc) is 3.46. The summed E-state index contributed by atoms with van der Waals surface area (Å²) < 4.78 is 91.9. The van der Waals surface area contributed by atoms with E-state index < -0.39 is 71.8 Å². The lowest BCUT2D eigenvalue weighted by molar-refractivity contribution is -0.953. The second kappa shape index (κ2) is 12.3. The summed E-state index contributed by atoms with van der Waals surface area (Å²) in [7, 11) is -2.86. The van der Waals surface area contributed by atoms with Crippen molar-refractivity contribution in [1.82, 2.24) is 5.32 Å². The minimum atomic E-state index is -5.36. The maximum Gasteiger partial charge on any atom is 0.573 e. The third-order valence-electron chi connectivity index (χ3n) is 8.89. The number of alkyl halides is 3. The highest BCUT2D eigenvalue weighted by Gasteiger charge is 2.72. The number of fused-ring (bicyclic) bond motifs is 1. The first-order chi connectivity index (χ1) is 22.3. The number of nitrogens with one attached hydrogen (secondary N) is 1. The summed E-state index contributed by atoms with van der Waals surface area (Å²) in [4.78, 5) is 27.7. The number of aliphatic hydroxyl groups excluding tert-OH is 1. The zero-order valence-corrected chi connectivity index (χ0v) is 28.7. The number of nitrogens with zero attached hydrogens (tertiary/aromatic N) is 2. The Hall–Kier alpha value is -3.70. The fourth-order valence-corrected chi connectivity index (χ4v) is 9.20. The van der Waals surface area contributed by atoms with Gasteiger partial charge in [0.2, 0.25) is 5.54 Å². The highest BCUT2D eigenvalue weighted by atomic mass is 35.5. The molecule has 1 fully saturated rings. The van der Waals surface area contributed by atoms with Gasteiger partial charge in [0.1, 0.15) is 23.3 Å². The van der Waals surface area contributed by atoms with E-state index in [2.05, 4.69) is 10.1 Å². The van der Waals surface area contributed by atoms with Crippen molar-refractivity contribution < 1.29 is 54.5 Å². The van der Waals surface area contributed by atoms with Crippen molar-refractivity contribution in [2.45, 2.75) is 47.2 Å². The van der Waals surface area contributed by atoms with E-state index in [9.17, 15) is 35.7 Å². The zero-order valence-electron chi connectivity index (χ0n) is 26.3. The number of anilines is 1. The van der Waals surface area contributed by atoms with E-state index in [0.717, 1.165) is 12.1 Å². The third kappa shape index (κ3) is 5.52. The number of ether oxygens (including phenoxy) is 2. The Morgan fingerprint density at radius 3 is 2.42 bits per heavy atom. The molecule has 11 nitrogen and oxygen atoms in total.